The molecule has 1 aromatic rings. The van der Waals surface area contributed by atoms with Gasteiger partial charge in [-0.2, -0.15) is 0 Å². The van der Waals surface area contributed by atoms with Crippen molar-refractivity contribution in [3.05, 3.63) is 33.6 Å². The van der Waals surface area contributed by atoms with Crippen molar-refractivity contribution < 1.29 is 24.0 Å². The number of nitro benzene ring substituents is 1. The van der Waals surface area contributed by atoms with E-state index in [-0.39, 0.29) is 5.75 Å². The molecule has 0 atom stereocenters. The Morgan fingerprint density at radius 2 is 2.00 bits per heavy atom. The molecule has 0 aliphatic rings. The Kier molecular flexibility index (Phi) is 3.54. The molecular weight excluding hydrogens is 245 g/mol. The van der Waals surface area contributed by atoms with E-state index in [9.17, 15) is 19.3 Å². The number of hydrogen-bond donors (Lipinski definition) is 1. The summed E-state index contributed by atoms with van der Waals surface area (Å²) in [6.45, 7) is 4.94. The van der Waals surface area contributed by atoms with Crippen LogP contribution in [0.1, 0.15) is 31.1 Å². The number of carbonyl (C=O) groups is 1. The van der Waals surface area contributed by atoms with Crippen LogP contribution in [-0.4, -0.2) is 21.6 Å². The Morgan fingerprint density at radius 3 is 2.39 bits per heavy atom. The van der Waals surface area contributed by atoms with Gasteiger partial charge in [-0.15, -0.1) is 0 Å². The lowest BCUT2D eigenvalue weighted by Gasteiger charge is -2.21. The molecule has 6 nitrogen and oxygen atoms in total. The van der Waals surface area contributed by atoms with Gasteiger partial charge < -0.3 is 9.84 Å². The van der Waals surface area contributed by atoms with Crippen molar-refractivity contribution in [3.8, 4) is 5.75 Å². The zero-order chi connectivity index (χ0) is 14.1. The van der Waals surface area contributed by atoms with E-state index in [1.807, 2.05) is 0 Å². The topological polar surface area (TPSA) is 89.7 Å². The van der Waals surface area contributed by atoms with Crippen LogP contribution in [0.5, 0.6) is 5.75 Å². The molecule has 0 radical (unpaired) electrons. The molecular formula is C11H12FNO5. The van der Waals surface area contributed by atoms with E-state index in [0.717, 1.165) is 6.07 Å². The molecule has 0 aliphatic carbocycles. The molecule has 0 unspecified atom stereocenters. The minimum atomic E-state index is -1.51. The second-order valence-electron chi connectivity index (χ2n) is 4.58. The molecule has 0 spiro atoms. The average Bonchev–Trinajstić information content (AvgIpc) is 2.17. The van der Waals surface area contributed by atoms with Crippen LogP contribution in [0, 0.1) is 15.9 Å². The Bertz CT molecular complexity index is 507. The zero-order valence-electron chi connectivity index (χ0n) is 10.1. The molecule has 0 aromatic heterocycles. The maximum Gasteiger partial charge on any atom is 0.342 e. The van der Waals surface area contributed by atoms with Crippen LogP contribution < -0.4 is 4.74 Å². The minimum absolute atomic E-state index is 0.328. The van der Waals surface area contributed by atoms with E-state index in [0.29, 0.717) is 6.07 Å². The van der Waals surface area contributed by atoms with Crippen LogP contribution >= 0.6 is 0 Å². The lowest BCUT2D eigenvalue weighted by Crippen LogP contribution is -2.24. The van der Waals surface area contributed by atoms with Crippen LogP contribution in [0.2, 0.25) is 0 Å². The molecule has 7 heteroatoms. The highest BCUT2D eigenvalue weighted by molar-refractivity contribution is 5.92. The monoisotopic (exact) mass is 257 g/mol. The SMILES string of the molecule is CC(C)(C)Oc1cc(C(=O)O)c([N+](=O)[O-])cc1F. The number of carboxylic acids is 1. The van der Waals surface area contributed by atoms with Gasteiger partial charge in [0, 0.05) is 6.07 Å². The van der Waals surface area contributed by atoms with Crippen molar-refractivity contribution in [3.63, 3.8) is 0 Å². The minimum Gasteiger partial charge on any atom is -0.485 e. The van der Waals surface area contributed by atoms with Crippen LogP contribution in [0.4, 0.5) is 10.1 Å². The molecule has 0 saturated carbocycles. The van der Waals surface area contributed by atoms with Gasteiger partial charge in [0.15, 0.2) is 11.6 Å². The van der Waals surface area contributed by atoms with Crippen LogP contribution in [-0.2, 0) is 0 Å². The highest BCUT2D eigenvalue weighted by Crippen LogP contribution is 2.29. The highest BCUT2D eigenvalue weighted by atomic mass is 19.1. The molecule has 0 bridgehead atoms. The first kappa shape index (κ1) is 13.9. The number of rotatable bonds is 3. The van der Waals surface area contributed by atoms with Gasteiger partial charge in [0.2, 0.25) is 0 Å². The van der Waals surface area contributed by atoms with Gasteiger partial charge in [0.25, 0.3) is 5.69 Å². The van der Waals surface area contributed by atoms with Crippen molar-refractivity contribution in [1.82, 2.24) is 0 Å². The summed E-state index contributed by atoms with van der Waals surface area (Å²) in [6, 6.07) is 1.37. The Hall–Kier alpha value is -2.18. The molecule has 1 aromatic carbocycles. The average molecular weight is 257 g/mol. The number of aromatic carboxylic acids is 1. The highest BCUT2D eigenvalue weighted by Gasteiger charge is 2.25. The van der Waals surface area contributed by atoms with Gasteiger partial charge >= 0.3 is 5.97 Å². The second kappa shape index (κ2) is 4.59. The van der Waals surface area contributed by atoms with Crippen LogP contribution in [0.15, 0.2) is 12.1 Å². The fourth-order valence-electron chi connectivity index (χ4n) is 1.27. The summed E-state index contributed by atoms with van der Waals surface area (Å²) in [7, 11) is 0. The van der Waals surface area contributed by atoms with Crippen LogP contribution in [0.3, 0.4) is 0 Å². The predicted octanol–water partition coefficient (Wildman–Crippen LogP) is 2.61. The largest absolute Gasteiger partial charge is 0.485 e. The zero-order valence-corrected chi connectivity index (χ0v) is 10.1. The number of nitrogens with zero attached hydrogens (tertiary/aromatic N) is 1. The summed E-state index contributed by atoms with van der Waals surface area (Å²) in [5, 5.41) is 19.5. The predicted molar refractivity (Wildman–Crippen MR) is 60.4 cm³/mol. The third-order valence-electron chi connectivity index (χ3n) is 1.89. The molecule has 0 fully saturated rings. The Balaban J connectivity index is 3.36. The van der Waals surface area contributed by atoms with Gasteiger partial charge in [-0.1, -0.05) is 0 Å². The standard InChI is InChI=1S/C11H12FNO5/c1-11(2,3)18-9-4-6(10(14)15)8(13(16)17)5-7(9)12/h4-5H,1-3H3,(H,14,15). The van der Waals surface area contributed by atoms with E-state index >= 15 is 0 Å². The van der Waals surface area contributed by atoms with E-state index < -0.39 is 33.6 Å². The number of halogens is 1. The summed E-state index contributed by atoms with van der Waals surface area (Å²) in [6.07, 6.45) is 0. The van der Waals surface area contributed by atoms with Crippen molar-refractivity contribution in [1.29, 1.82) is 0 Å². The van der Waals surface area contributed by atoms with E-state index in [1.54, 1.807) is 20.8 Å². The lowest BCUT2D eigenvalue weighted by atomic mass is 10.1. The summed E-state index contributed by atoms with van der Waals surface area (Å²) >= 11 is 0. The number of carboxylic acid groups (broad SMARTS) is 1. The fraction of sp³-hybridized carbons (Fsp3) is 0.364. The Labute approximate surface area is 102 Å². The Morgan fingerprint density at radius 1 is 1.44 bits per heavy atom. The maximum absolute atomic E-state index is 13.6. The molecule has 98 valence electrons. The first-order valence-electron chi connectivity index (χ1n) is 5.02. The molecule has 1 rings (SSSR count). The van der Waals surface area contributed by atoms with Gasteiger partial charge in [0.1, 0.15) is 11.2 Å². The molecule has 0 amide bonds. The summed E-state index contributed by atoms with van der Waals surface area (Å²) in [4.78, 5) is 20.5. The normalized spacial score (nSPS) is 11.1. The van der Waals surface area contributed by atoms with Crippen molar-refractivity contribution >= 4 is 11.7 Å². The first-order chi connectivity index (χ1) is 8.11. The molecule has 1 N–H and O–H groups in total. The number of ether oxygens (including phenoxy) is 1. The van der Waals surface area contributed by atoms with Crippen molar-refractivity contribution in [2.24, 2.45) is 0 Å². The quantitative estimate of drug-likeness (QED) is 0.664. The van der Waals surface area contributed by atoms with Crippen molar-refractivity contribution in [2.75, 3.05) is 0 Å². The van der Waals surface area contributed by atoms with Gasteiger partial charge in [0.05, 0.1) is 11.0 Å². The first-order valence-corrected chi connectivity index (χ1v) is 5.02. The molecule has 0 saturated heterocycles. The molecule has 0 heterocycles. The lowest BCUT2D eigenvalue weighted by molar-refractivity contribution is -0.385. The van der Waals surface area contributed by atoms with Gasteiger partial charge in [-0.05, 0) is 20.8 Å². The summed E-state index contributed by atoms with van der Waals surface area (Å²) < 4.78 is 18.8. The van der Waals surface area contributed by atoms with Gasteiger partial charge in [-0.3, -0.25) is 10.1 Å². The number of hydrogen-bond acceptors (Lipinski definition) is 4. The molecule has 0 aliphatic heterocycles. The molecule has 18 heavy (non-hydrogen) atoms. The fourth-order valence-corrected chi connectivity index (χ4v) is 1.27. The smallest absolute Gasteiger partial charge is 0.342 e. The van der Waals surface area contributed by atoms with E-state index in [4.69, 9.17) is 9.84 Å². The second-order valence-corrected chi connectivity index (χ2v) is 4.58. The van der Waals surface area contributed by atoms with E-state index in [2.05, 4.69) is 0 Å². The summed E-state index contributed by atoms with van der Waals surface area (Å²) in [5.41, 5.74) is -2.16. The van der Waals surface area contributed by atoms with Crippen molar-refractivity contribution in [2.45, 2.75) is 26.4 Å². The maximum atomic E-state index is 13.6. The van der Waals surface area contributed by atoms with Gasteiger partial charge in [-0.25, -0.2) is 9.18 Å². The number of benzene rings is 1. The third-order valence-corrected chi connectivity index (χ3v) is 1.89. The van der Waals surface area contributed by atoms with Crippen LogP contribution in [0.25, 0.3) is 0 Å². The van der Waals surface area contributed by atoms with E-state index in [1.165, 1.54) is 0 Å². The number of nitro groups is 1. The summed E-state index contributed by atoms with van der Waals surface area (Å²) in [5.74, 6) is -2.81. The third kappa shape index (κ3) is 3.16.